The first-order valence-electron chi connectivity index (χ1n) is 9.34. The summed E-state index contributed by atoms with van der Waals surface area (Å²) in [4.78, 5) is 40.1. The van der Waals surface area contributed by atoms with Crippen LogP contribution in [0.15, 0.2) is 21.9 Å². The number of hydrogen-bond acceptors (Lipinski definition) is 13. The van der Waals surface area contributed by atoms with Gasteiger partial charge in [-0.2, -0.15) is 4.80 Å². The van der Waals surface area contributed by atoms with Gasteiger partial charge in [0.1, 0.15) is 22.0 Å². The normalized spacial score (nSPS) is 22.2. The van der Waals surface area contributed by atoms with Crippen molar-refractivity contribution in [2.75, 3.05) is 24.4 Å². The van der Waals surface area contributed by atoms with E-state index in [0.29, 0.717) is 23.0 Å². The SMILES string of the molecule is CO[C@]1(NC(=O)CSCn2ncnn2)C(=O)N2C(C(=O)O)=C(CSc3nnc(C)s3)CSC21. The van der Waals surface area contributed by atoms with Gasteiger partial charge in [0.05, 0.1) is 5.75 Å². The molecule has 2 amide bonds. The molecule has 17 heteroatoms. The molecule has 0 radical (unpaired) electrons. The van der Waals surface area contributed by atoms with Crippen LogP contribution in [0.4, 0.5) is 0 Å². The number of methoxy groups -OCH3 is 1. The van der Waals surface area contributed by atoms with Crippen molar-refractivity contribution >= 4 is 64.4 Å². The fourth-order valence-corrected chi connectivity index (χ4v) is 7.27. The predicted octanol–water partition coefficient (Wildman–Crippen LogP) is 0.0287. The molecule has 0 saturated carbocycles. The van der Waals surface area contributed by atoms with Crippen molar-refractivity contribution in [1.29, 1.82) is 0 Å². The van der Waals surface area contributed by atoms with E-state index in [1.165, 1.54) is 69.8 Å². The Morgan fingerprint density at radius 1 is 1.42 bits per heavy atom. The highest BCUT2D eigenvalue weighted by Gasteiger charge is 2.66. The summed E-state index contributed by atoms with van der Waals surface area (Å²) >= 11 is 5.36. The summed E-state index contributed by atoms with van der Waals surface area (Å²) in [6, 6.07) is 0. The topological polar surface area (TPSA) is 165 Å². The molecule has 0 spiro atoms. The third-order valence-corrected chi connectivity index (χ3v) is 8.98. The Labute approximate surface area is 204 Å². The number of nitrogens with zero attached hydrogens (tertiary/aromatic N) is 7. The molecule has 0 bridgehead atoms. The van der Waals surface area contributed by atoms with Crippen LogP contribution in [0.5, 0.6) is 0 Å². The van der Waals surface area contributed by atoms with E-state index in [4.69, 9.17) is 4.74 Å². The van der Waals surface area contributed by atoms with Crippen LogP contribution in [-0.4, -0.2) is 93.7 Å². The van der Waals surface area contributed by atoms with Crippen molar-refractivity contribution in [3.63, 3.8) is 0 Å². The zero-order chi connectivity index (χ0) is 23.6. The largest absolute Gasteiger partial charge is 0.477 e. The number of tetrazole rings is 1. The lowest BCUT2D eigenvalue weighted by Crippen LogP contribution is -2.80. The Bertz CT molecular complexity index is 1090. The molecule has 2 aromatic rings. The number of hydrogen-bond donors (Lipinski definition) is 2. The van der Waals surface area contributed by atoms with Crippen LogP contribution < -0.4 is 5.32 Å². The maximum absolute atomic E-state index is 13.1. The first kappa shape index (κ1) is 23.9. The first-order valence-corrected chi connectivity index (χ1v) is 13.3. The molecule has 13 nitrogen and oxygen atoms in total. The van der Waals surface area contributed by atoms with Crippen LogP contribution in [0.1, 0.15) is 5.01 Å². The predicted molar refractivity (Wildman–Crippen MR) is 121 cm³/mol. The second-order valence-electron chi connectivity index (χ2n) is 6.75. The third kappa shape index (κ3) is 4.72. The minimum atomic E-state index is -1.62. The number of aromatic nitrogens is 6. The van der Waals surface area contributed by atoms with Crippen molar-refractivity contribution in [1.82, 2.24) is 40.6 Å². The third-order valence-electron chi connectivity index (χ3n) is 4.67. The number of amides is 2. The van der Waals surface area contributed by atoms with E-state index in [-0.39, 0.29) is 11.4 Å². The number of rotatable bonds is 10. The lowest BCUT2D eigenvalue weighted by molar-refractivity contribution is -0.192. The standard InChI is InChI=1S/C16H18N8O5S4/c1-8-20-21-15(33-8)32-4-9-3-31-14-16(29-2,13(28)24(14)11(9)12(26)27)19-10(25)5-30-7-23-18-6-17-22-23/h6,14H,3-5,7H2,1-2H3,(H,19,25)(H,26,27)/t14?,16-/m1/s1. The van der Waals surface area contributed by atoms with Crippen molar-refractivity contribution in [3.8, 4) is 0 Å². The van der Waals surface area contributed by atoms with Crippen LogP contribution in [0.2, 0.25) is 0 Å². The van der Waals surface area contributed by atoms with E-state index in [0.717, 1.165) is 9.35 Å². The Morgan fingerprint density at radius 2 is 2.24 bits per heavy atom. The number of fused-ring (bicyclic) bond motifs is 1. The van der Waals surface area contributed by atoms with Crippen molar-refractivity contribution in [2.24, 2.45) is 0 Å². The number of nitrogens with one attached hydrogen (secondary N) is 1. The van der Waals surface area contributed by atoms with Gasteiger partial charge in [0.2, 0.25) is 5.91 Å². The number of ether oxygens (including phenoxy) is 1. The smallest absolute Gasteiger partial charge is 0.352 e. The van der Waals surface area contributed by atoms with Gasteiger partial charge >= 0.3 is 5.97 Å². The maximum atomic E-state index is 13.1. The summed E-state index contributed by atoms with van der Waals surface area (Å²) in [6.45, 7) is 1.84. The summed E-state index contributed by atoms with van der Waals surface area (Å²) in [5, 5.41) is 31.7. The van der Waals surface area contributed by atoms with Gasteiger partial charge in [-0.1, -0.05) is 23.1 Å². The molecule has 176 valence electrons. The number of carbonyl (C=O) groups excluding carboxylic acids is 2. The molecule has 2 N–H and O–H groups in total. The molecule has 0 aliphatic carbocycles. The van der Waals surface area contributed by atoms with E-state index in [9.17, 15) is 19.5 Å². The second kappa shape index (κ2) is 9.96. The molecule has 1 fully saturated rings. The second-order valence-corrected chi connectivity index (χ2v) is 11.2. The molecule has 33 heavy (non-hydrogen) atoms. The summed E-state index contributed by atoms with van der Waals surface area (Å²) in [6.07, 6.45) is 1.29. The van der Waals surface area contributed by atoms with Crippen LogP contribution in [0.3, 0.4) is 0 Å². The molecule has 4 heterocycles. The number of aliphatic carboxylic acids is 1. The van der Waals surface area contributed by atoms with E-state index in [1.54, 1.807) is 0 Å². The van der Waals surface area contributed by atoms with Crippen molar-refractivity contribution < 1.29 is 24.2 Å². The fourth-order valence-electron chi connectivity index (χ4n) is 3.25. The van der Waals surface area contributed by atoms with Crippen LogP contribution >= 0.6 is 46.6 Å². The summed E-state index contributed by atoms with van der Waals surface area (Å²) in [5.41, 5.74) is -1.10. The summed E-state index contributed by atoms with van der Waals surface area (Å²) in [7, 11) is 1.32. The Kier molecular flexibility index (Phi) is 7.22. The van der Waals surface area contributed by atoms with Crippen LogP contribution in [0.25, 0.3) is 0 Å². The zero-order valence-corrected chi connectivity index (χ0v) is 20.6. The van der Waals surface area contributed by atoms with E-state index in [2.05, 4.69) is 30.9 Å². The Hall–Kier alpha value is -2.21. The van der Waals surface area contributed by atoms with Gasteiger partial charge < -0.3 is 15.2 Å². The molecule has 1 saturated heterocycles. The minimum Gasteiger partial charge on any atom is -0.477 e. The Balaban J connectivity index is 1.43. The number of β-lactam (4-membered cyclic amide) rings is 1. The number of thioether (sulfide) groups is 3. The number of carboxylic acid groups (broad SMARTS) is 1. The highest BCUT2D eigenvalue weighted by Crippen LogP contribution is 2.47. The van der Waals surface area contributed by atoms with Gasteiger partial charge in [-0.15, -0.1) is 43.9 Å². The summed E-state index contributed by atoms with van der Waals surface area (Å²) < 4.78 is 6.17. The molecule has 2 aliphatic rings. The molecule has 2 aliphatic heterocycles. The van der Waals surface area contributed by atoms with Gasteiger partial charge in [-0.25, -0.2) is 4.79 Å². The average Bonchev–Trinajstić information content (AvgIpc) is 3.46. The average molecular weight is 531 g/mol. The highest BCUT2D eigenvalue weighted by molar-refractivity contribution is 8.02. The zero-order valence-electron chi connectivity index (χ0n) is 17.3. The van der Waals surface area contributed by atoms with Crippen LogP contribution in [-0.2, 0) is 25.0 Å². The molecular formula is C16H18N8O5S4. The number of carboxylic acids is 1. The minimum absolute atomic E-state index is 0.0299. The van der Waals surface area contributed by atoms with Gasteiger partial charge in [0.15, 0.2) is 10.7 Å². The van der Waals surface area contributed by atoms with Crippen molar-refractivity contribution in [3.05, 3.63) is 22.6 Å². The van der Waals surface area contributed by atoms with Gasteiger partial charge in [-0.3, -0.25) is 14.5 Å². The van der Waals surface area contributed by atoms with Gasteiger partial charge in [-0.05, 0) is 17.7 Å². The highest BCUT2D eigenvalue weighted by atomic mass is 32.2. The molecule has 2 aromatic heterocycles. The fraction of sp³-hybridized carbons (Fsp3) is 0.500. The molecule has 1 unspecified atom stereocenters. The van der Waals surface area contributed by atoms with E-state index >= 15 is 0 Å². The first-order chi connectivity index (χ1) is 15.9. The lowest BCUT2D eigenvalue weighted by atomic mass is 9.98. The van der Waals surface area contributed by atoms with E-state index in [1.807, 2.05) is 6.92 Å². The molecule has 2 atom stereocenters. The van der Waals surface area contributed by atoms with Gasteiger partial charge in [0, 0.05) is 18.6 Å². The van der Waals surface area contributed by atoms with Crippen molar-refractivity contribution in [2.45, 2.75) is 28.2 Å². The maximum Gasteiger partial charge on any atom is 0.352 e. The molecular weight excluding hydrogens is 512 g/mol. The summed E-state index contributed by atoms with van der Waals surface area (Å²) in [5.74, 6) is -1.18. The van der Waals surface area contributed by atoms with E-state index < -0.39 is 28.9 Å². The molecule has 0 aromatic carbocycles. The van der Waals surface area contributed by atoms with Crippen LogP contribution in [0, 0.1) is 6.92 Å². The Morgan fingerprint density at radius 3 is 2.88 bits per heavy atom. The molecule has 4 rings (SSSR count). The number of aryl methyl sites for hydroxylation is 1. The quantitative estimate of drug-likeness (QED) is 0.240. The number of carbonyl (C=O) groups is 3. The monoisotopic (exact) mass is 530 g/mol. The lowest BCUT2D eigenvalue weighted by Gasteiger charge is -2.55. The van der Waals surface area contributed by atoms with Gasteiger partial charge in [0.25, 0.3) is 11.6 Å².